The number of carbonyl (C=O) groups excluding carboxylic acids is 1. The Morgan fingerprint density at radius 3 is 2.90 bits per heavy atom. The summed E-state index contributed by atoms with van der Waals surface area (Å²) in [4.78, 5) is 14.2. The zero-order valence-electron chi connectivity index (χ0n) is 12.8. The standard InChI is InChI=1S/C16H25N3O2/c1-3-19(2)11-13-6-4-5-12(7-13)9-18-16(21)15-8-14(20)10-17-15/h4-7,14-15,17,20H,3,8-11H2,1-2H3,(H,18,21). The number of nitrogens with one attached hydrogen (secondary N) is 2. The van der Waals surface area contributed by atoms with Gasteiger partial charge >= 0.3 is 0 Å². The Labute approximate surface area is 126 Å². The Morgan fingerprint density at radius 1 is 1.48 bits per heavy atom. The average molecular weight is 291 g/mol. The zero-order chi connectivity index (χ0) is 15.2. The van der Waals surface area contributed by atoms with Crippen molar-refractivity contribution in [2.75, 3.05) is 20.1 Å². The molecule has 0 radical (unpaired) electrons. The summed E-state index contributed by atoms with van der Waals surface area (Å²) in [5, 5.41) is 15.4. The van der Waals surface area contributed by atoms with Gasteiger partial charge in [0.05, 0.1) is 12.1 Å². The molecule has 0 bridgehead atoms. The lowest BCUT2D eigenvalue weighted by atomic mass is 10.1. The monoisotopic (exact) mass is 291 g/mol. The summed E-state index contributed by atoms with van der Waals surface area (Å²) in [7, 11) is 2.09. The minimum atomic E-state index is -0.409. The molecule has 0 saturated carbocycles. The molecule has 3 N–H and O–H groups in total. The molecule has 1 amide bonds. The molecule has 5 nitrogen and oxygen atoms in total. The van der Waals surface area contributed by atoms with Crippen molar-refractivity contribution in [1.29, 1.82) is 0 Å². The van der Waals surface area contributed by atoms with Gasteiger partial charge in [-0.2, -0.15) is 0 Å². The fourth-order valence-corrected chi connectivity index (χ4v) is 2.49. The summed E-state index contributed by atoms with van der Waals surface area (Å²) in [5.41, 5.74) is 2.35. The minimum absolute atomic E-state index is 0.0392. The van der Waals surface area contributed by atoms with E-state index in [0.717, 1.165) is 18.7 Å². The van der Waals surface area contributed by atoms with Crippen LogP contribution in [0.15, 0.2) is 24.3 Å². The smallest absolute Gasteiger partial charge is 0.237 e. The molecule has 1 aliphatic heterocycles. The highest BCUT2D eigenvalue weighted by atomic mass is 16.3. The number of carbonyl (C=O) groups is 1. The molecule has 2 rings (SSSR count). The number of nitrogens with zero attached hydrogens (tertiary/aromatic N) is 1. The molecule has 1 aromatic carbocycles. The first-order chi connectivity index (χ1) is 10.1. The molecule has 0 aliphatic carbocycles. The van der Waals surface area contributed by atoms with E-state index in [4.69, 9.17) is 0 Å². The van der Waals surface area contributed by atoms with Gasteiger partial charge in [0.25, 0.3) is 0 Å². The Balaban J connectivity index is 1.85. The number of hydrogen-bond acceptors (Lipinski definition) is 4. The van der Waals surface area contributed by atoms with Crippen LogP contribution in [-0.2, 0) is 17.9 Å². The molecular formula is C16H25N3O2. The topological polar surface area (TPSA) is 64.6 Å². The minimum Gasteiger partial charge on any atom is -0.392 e. The predicted octanol–water partition coefficient (Wildman–Crippen LogP) is 0.477. The van der Waals surface area contributed by atoms with E-state index < -0.39 is 6.10 Å². The van der Waals surface area contributed by atoms with Gasteiger partial charge in [0.2, 0.25) is 5.91 Å². The van der Waals surface area contributed by atoms with Gasteiger partial charge < -0.3 is 20.6 Å². The SMILES string of the molecule is CCN(C)Cc1cccc(CNC(=O)C2CC(O)CN2)c1. The van der Waals surface area contributed by atoms with E-state index in [1.807, 2.05) is 12.1 Å². The van der Waals surface area contributed by atoms with Crippen molar-refractivity contribution in [3.05, 3.63) is 35.4 Å². The predicted molar refractivity (Wildman–Crippen MR) is 82.7 cm³/mol. The first kappa shape index (κ1) is 15.9. The van der Waals surface area contributed by atoms with Crippen LogP contribution in [0.3, 0.4) is 0 Å². The van der Waals surface area contributed by atoms with E-state index in [1.165, 1.54) is 5.56 Å². The second-order valence-corrected chi connectivity index (χ2v) is 5.72. The fourth-order valence-electron chi connectivity index (χ4n) is 2.49. The Kier molecular flexibility index (Phi) is 5.73. The molecule has 116 valence electrons. The lowest BCUT2D eigenvalue weighted by molar-refractivity contribution is -0.123. The molecule has 1 saturated heterocycles. The average Bonchev–Trinajstić information content (AvgIpc) is 2.91. The molecule has 5 heteroatoms. The molecular weight excluding hydrogens is 266 g/mol. The van der Waals surface area contributed by atoms with Gasteiger partial charge in [-0.05, 0) is 31.1 Å². The number of rotatable bonds is 6. The second kappa shape index (κ2) is 7.54. The molecule has 0 aromatic heterocycles. The van der Waals surface area contributed by atoms with Crippen LogP contribution < -0.4 is 10.6 Å². The van der Waals surface area contributed by atoms with Crippen molar-refractivity contribution in [2.45, 2.75) is 38.6 Å². The van der Waals surface area contributed by atoms with Crippen LogP contribution in [-0.4, -0.2) is 48.2 Å². The van der Waals surface area contributed by atoms with Gasteiger partial charge in [-0.1, -0.05) is 31.2 Å². The molecule has 1 aromatic rings. The van der Waals surface area contributed by atoms with Crippen LogP contribution in [0.2, 0.25) is 0 Å². The summed E-state index contributed by atoms with van der Waals surface area (Å²) in [6.07, 6.45) is 0.0846. The van der Waals surface area contributed by atoms with Gasteiger partial charge in [0.15, 0.2) is 0 Å². The van der Waals surface area contributed by atoms with Crippen molar-refractivity contribution >= 4 is 5.91 Å². The first-order valence-corrected chi connectivity index (χ1v) is 7.54. The quantitative estimate of drug-likeness (QED) is 0.713. The van der Waals surface area contributed by atoms with Crippen molar-refractivity contribution < 1.29 is 9.90 Å². The summed E-state index contributed by atoms with van der Waals surface area (Å²) in [6.45, 7) is 5.08. The van der Waals surface area contributed by atoms with Crippen LogP contribution >= 0.6 is 0 Å². The van der Waals surface area contributed by atoms with Gasteiger partial charge in [0, 0.05) is 19.6 Å². The summed E-state index contributed by atoms with van der Waals surface area (Å²) in [5.74, 6) is -0.0392. The maximum atomic E-state index is 12.0. The van der Waals surface area contributed by atoms with Crippen molar-refractivity contribution in [2.24, 2.45) is 0 Å². The van der Waals surface area contributed by atoms with E-state index in [0.29, 0.717) is 19.5 Å². The van der Waals surface area contributed by atoms with Gasteiger partial charge in [-0.3, -0.25) is 4.79 Å². The highest BCUT2D eigenvalue weighted by molar-refractivity contribution is 5.82. The number of benzene rings is 1. The van der Waals surface area contributed by atoms with Crippen LogP contribution in [0.25, 0.3) is 0 Å². The van der Waals surface area contributed by atoms with Crippen LogP contribution in [0, 0.1) is 0 Å². The van der Waals surface area contributed by atoms with E-state index in [9.17, 15) is 9.90 Å². The van der Waals surface area contributed by atoms with Crippen molar-refractivity contribution in [1.82, 2.24) is 15.5 Å². The first-order valence-electron chi connectivity index (χ1n) is 7.54. The molecule has 0 spiro atoms. The molecule has 2 unspecified atom stereocenters. The number of hydrogen-bond donors (Lipinski definition) is 3. The molecule has 2 atom stereocenters. The Morgan fingerprint density at radius 2 is 2.24 bits per heavy atom. The highest BCUT2D eigenvalue weighted by Gasteiger charge is 2.27. The summed E-state index contributed by atoms with van der Waals surface area (Å²) >= 11 is 0. The third-order valence-corrected chi connectivity index (χ3v) is 3.87. The van der Waals surface area contributed by atoms with Crippen molar-refractivity contribution in [3.8, 4) is 0 Å². The van der Waals surface area contributed by atoms with E-state index in [-0.39, 0.29) is 11.9 Å². The van der Waals surface area contributed by atoms with Crippen LogP contribution in [0.1, 0.15) is 24.5 Å². The molecule has 1 heterocycles. The number of aliphatic hydroxyl groups excluding tert-OH is 1. The van der Waals surface area contributed by atoms with E-state index >= 15 is 0 Å². The Hall–Kier alpha value is -1.43. The number of aliphatic hydroxyl groups is 1. The van der Waals surface area contributed by atoms with Crippen molar-refractivity contribution in [3.63, 3.8) is 0 Å². The number of amides is 1. The molecule has 21 heavy (non-hydrogen) atoms. The largest absolute Gasteiger partial charge is 0.392 e. The third kappa shape index (κ3) is 4.81. The van der Waals surface area contributed by atoms with Crippen LogP contribution in [0.4, 0.5) is 0 Å². The highest BCUT2D eigenvalue weighted by Crippen LogP contribution is 2.09. The van der Waals surface area contributed by atoms with Gasteiger partial charge in [-0.25, -0.2) is 0 Å². The van der Waals surface area contributed by atoms with Gasteiger partial charge in [-0.15, -0.1) is 0 Å². The lowest BCUT2D eigenvalue weighted by Crippen LogP contribution is -2.40. The zero-order valence-corrected chi connectivity index (χ0v) is 12.8. The number of β-amino-alcohol motifs (C(OH)–C–C–N with tert-alkyl or cyclic N) is 1. The maximum absolute atomic E-state index is 12.0. The third-order valence-electron chi connectivity index (χ3n) is 3.87. The molecule has 1 fully saturated rings. The normalized spacial score (nSPS) is 21.7. The maximum Gasteiger partial charge on any atom is 0.237 e. The fraction of sp³-hybridized carbons (Fsp3) is 0.562. The Bertz CT molecular complexity index is 478. The summed E-state index contributed by atoms with van der Waals surface area (Å²) < 4.78 is 0. The van der Waals surface area contributed by atoms with E-state index in [2.05, 4.69) is 41.6 Å². The van der Waals surface area contributed by atoms with E-state index in [1.54, 1.807) is 0 Å². The second-order valence-electron chi connectivity index (χ2n) is 5.72. The molecule has 1 aliphatic rings. The van der Waals surface area contributed by atoms with Gasteiger partial charge in [0.1, 0.15) is 0 Å². The van der Waals surface area contributed by atoms with Crippen LogP contribution in [0.5, 0.6) is 0 Å². The summed E-state index contributed by atoms with van der Waals surface area (Å²) in [6, 6.07) is 8.01. The lowest BCUT2D eigenvalue weighted by Gasteiger charge is -2.15.